The van der Waals surface area contributed by atoms with Crippen molar-refractivity contribution in [2.24, 2.45) is 0 Å². The summed E-state index contributed by atoms with van der Waals surface area (Å²) in [6.45, 7) is 4.06. The number of benzene rings is 5. The molecule has 0 unspecified atom stereocenters. The van der Waals surface area contributed by atoms with Gasteiger partial charge in [-0.2, -0.15) is 0 Å². The van der Waals surface area contributed by atoms with Crippen molar-refractivity contribution in [3.8, 4) is 17.0 Å². The molecule has 220 valence electrons. The summed E-state index contributed by atoms with van der Waals surface area (Å²) in [5.74, 6) is 0.712. The molecule has 6 heteroatoms. The number of Topliss-reactive ketones (excluding diaryl/α,β-unsaturated/α-hetero) is 1. The van der Waals surface area contributed by atoms with Gasteiger partial charge in [0.15, 0.2) is 5.78 Å². The molecular formula is C38H33NO4S. The highest BCUT2D eigenvalue weighted by atomic mass is 32.2. The number of carbonyl (C=O) groups is 1. The van der Waals surface area contributed by atoms with Crippen molar-refractivity contribution in [3.63, 3.8) is 0 Å². The summed E-state index contributed by atoms with van der Waals surface area (Å²) in [7, 11) is -2.45. The Balaban J connectivity index is 1.63. The first-order valence-electron chi connectivity index (χ1n) is 14.9. The summed E-state index contributed by atoms with van der Waals surface area (Å²) in [6, 6.07) is 34.4. The van der Waals surface area contributed by atoms with Gasteiger partial charge in [-0.15, -0.1) is 0 Å². The molecular weight excluding hydrogens is 566 g/mol. The summed E-state index contributed by atoms with van der Waals surface area (Å²) in [5, 5.41) is 2.72. The third-order valence-corrected chi connectivity index (χ3v) is 11.1. The highest BCUT2D eigenvalue weighted by Crippen LogP contribution is 2.50. The third-order valence-electron chi connectivity index (χ3n) is 9.33. The first-order valence-corrected chi connectivity index (χ1v) is 16.4. The van der Waals surface area contributed by atoms with Gasteiger partial charge in [-0.1, -0.05) is 97.4 Å². The van der Waals surface area contributed by atoms with Crippen molar-refractivity contribution in [2.75, 3.05) is 7.11 Å². The lowest BCUT2D eigenvalue weighted by Crippen LogP contribution is -2.26. The number of aryl methyl sites for hydroxylation is 1. The van der Waals surface area contributed by atoms with E-state index in [1.165, 1.54) is 3.97 Å². The second-order valence-corrected chi connectivity index (χ2v) is 13.5. The summed E-state index contributed by atoms with van der Waals surface area (Å²) in [6.07, 6.45) is 1.59. The summed E-state index contributed by atoms with van der Waals surface area (Å²) in [4.78, 5) is 13.6. The predicted molar refractivity (Wildman–Crippen MR) is 176 cm³/mol. The van der Waals surface area contributed by atoms with E-state index < -0.39 is 15.4 Å². The number of nitrogens with zero attached hydrogens (tertiary/aromatic N) is 1. The number of hydrogen-bond donors (Lipinski definition) is 0. The topological polar surface area (TPSA) is 65.4 Å². The largest absolute Gasteiger partial charge is 0.496 e. The monoisotopic (exact) mass is 599 g/mol. The molecule has 7 rings (SSSR count). The van der Waals surface area contributed by atoms with E-state index in [2.05, 4.69) is 13.0 Å². The predicted octanol–water partition coefficient (Wildman–Crippen LogP) is 8.49. The van der Waals surface area contributed by atoms with Crippen molar-refractivity contribution in [2.45, 2.75) is 43.4 Å². The van der Waals surface area contributed by atoms with Gasteiger partial charge in [0.2, 0.25) is 0 Å². The first-order chi connectivity index (χ1) is 21.3. The van der Waals surface area contributed by atoms with Crippen molar-refractivity contribution in [3.05, 3.63) is 131 Å². The zero-order chi connectivity index (χ0) is 30.6. The molecule has 0 saturated carbocycles. The second-order valence-electron chi connectivity index (χ2n) is 11.7. The van der Waals surface area contributed by atoms with Crippen LogP contribution in [-0.2, 0) is 21.9 Å². The van der Waals surface area contributed by atoms with Crippen LogP contribution in [0.2, 0.25) is 0 Å². The van der Waals surface area contributed by atoms with E-state index in [9.17, 15) is 13.2 Å². The van der Waals surface area contributed by atoms with Crippen LogP contribution in [0.4, 0.5) is 0 Å². The molecule has 0 bridgehead atoms. The number of rotatable bonds is 7. The lowest BCUT2D eigenvalue weighted by Gasteiger charge is -2.29. The van der Waals surface area contributed by atoms with Crippen molar-refractivity contribution < 1.29 is 17.9 Å². The fourth-order valence-corrected chi connectivity index (χ4v) is 8.61. The van der Waals surface area contributed by atoms with E-state index in [-0.39, 0.29) is 10.7 Å². The Morgan fingerprint density at radius 3 is 2.25 bits per heavy atom. The quantitative estimate of drug-likeness (QED) is 0.185. The Labute approximate surface area is 257 Å². The van der Waals surface area contributed by atoms with E-state index in [4.69, 9.17) is 4.74 Å². The number of fused-ring (bicyclic) bond motifs is 3. The van der Waals surface area contributed by atoms with Gasteiger partial charge in [0.1, 0.15) is 5.75 Å². The fourth-order valence-electron chi connectivity index (χ4n) is 7.06. The average molecular weight is 600 g/mol. The Hall–Kier alpha value is -4.68. The molecule has 0 fully saturated rings. The van der Waals surface area contributed by atoms with Gasteiger partial charge in [0.05, 0.1) is 23.2 Å². The highest BCUT2D eigenvalue weighted by Gasteiger charge is 2.44. The maximum absolute atomic E-state index is 14.8. The number of carbonyl (C=O) groups excluding carboxylic acids is 1. The Bertz CT molecular complexity index is 2190. The molecule has 1 aromatic heterocycles. The molecule has 0 amide bonds. The van der Waals surface area contributed by atoms with Gasteiger partial charge in [-0.3, -0.25) is 4.79 Å². The number of methoxy groups -OCH3 is 1. The van der Waals surface area contributed by atoms with Crippen LogP contribution in [0.3, 0.4) is 0 Å². The molecule has 0 aliphatic heterocycles. The van der Waals surface area contributed by atoms with Gasteiger partial charge >= 0.3 is 0 Å². The standard InChI is InChI=1S/C38H33NO4S/c1-4-38(24-34(40)30-14-7-9-15-32(30)38)23-31-29-13-8-10-16-33(29)39(44(41,42)27-20-17-25(2)18-21-27)37(31)36-28-12-6-5-11-26(28)19-22-35(36)43-3/h5-22H,4,23-24H2,1-3H3/t38-/m0/s1. The van der Waals surface area contributed by atoms with Gasteiger partial charge in [0, 0.05) is 28.3 Å². The maximum atomic E-state index is 14.8. The van der Waals surface area contributed by atoms with Crippen molar-refractivity contribution in [1.29, 1.82) is 0 Å². The van der Waals surface area contributed by atoms with E-state index in [1.54, 1.807) is 19.2 Å². The minimum absolute atomic E-state index is 0.128. The van der Waals surface area contributed by atoms with E-state index in [0.717, 1.165) is 50.4 Å². The van der Waals surface area contributed by atoms with E-state index >= 15 is 0 Å². The molecule has 0 radical (unpaired) electrons. The minimum Gasteiger partial charge on any atom is -0.496 e. The molecule has 0 saturated heterocycles. The van der Waals surface area contributed by atoms with Crippen LogP contribution in [0.5, 0.6) is 5.75 Å². The van der Waals surface area contributed by atoms with E-state index in [1.807, 2.05) is 97.9 Å². The Morgan fingerprint density at radius 2 is 1.50 bits per heavy atom. The molecule has 6 aromatic rings. The normalized spacial score (nSPS) is 16.5. The summed E-state index contributed by atoms with van der Waals surface area (Å²) >= 11 is 0. The molecule has 0 spiro atoms. The van der Waals surface area contributed by atoms with Gasteiger partial charge in [0.25, 0.3) is 10.0 Å². The maximum Gasteiger partial charge on any atom is 0.268 e. The molecule has 5 nitrogen and oxygen atoms in total. The van der Waals surface area contributed by atoms with Crippen LogP contribution in [0.25, 0.3) is 32.9 Å². The lowest BCUT2D eigenvalue weighted by atomic mass is 9.73. The third kappa shape index (κ3) is 4.20. The zero-order valence-corrected chi connectivity index (χ0v) is 25.8. The van der Waals surface area contributed by atoms with Crippen LogP contribution in [0, 0.1) is 6.92 Å². The number of ether oxygens (including phenoxy) is 1. The molecule has 1 aliphatic carbocycles. The van der Waals surface area contributed by atoms with Crippen LogP contribution < -0.4 is 4.74 Å². The number of para-hydroxylation sites is 1. The fraction of sp³-hybridized carbons (Fsp3) is 0.184. The van der Waals surface area contributed by atoms with Gasteiger partial charge in [-0.25, -0.2) is 12.4 Å². The summed E-state index contributed by atoms with van der Waals surface area (Å²) < 4.78 is 37.1. The summed E-state index contributed by atoms with van der Waals surface area (Å²) in [5.41, 5.74) is 5.06. The molecule has 1 heterocycles. The Morgan fingerprint density at radius 1 is 0.818 bits per heavy atom. The van der Waals surface area contributed by atoms with Crippen LogP contribution in [0.1, 0.15) is 46.8 Å². The van der Waals surface area contributed by atoms with E-state index in [0.29, 0.717) is 29.8 Å². The first kappa shape index (κ1) is 28.1. The average Bonchev–Trinajstić information content (AvgIpc) is 3.52. The smallest absolute Gasteiger partial charge is 0.268 e. The lowest BCUT2D eigenvalue weighted by molar-refractivity contribution is 0.0972. The molecule has 1 atom stereocenters. The molecule has 1 aliphatic rings. The van der Waals surface area contributed by atoms with Crippen molar-refractivity contribution in [1.82, 2.24) is 3.97 Å². The van der Waals surface area contributed by atoms with Gasteiger partial charge < -0.3 is 4.74 Å². The molecule has 0 N–H and O–H groups in total. The number of ketones is 1. The van der Waals surface area contributed by atoms with Crippen LogP contribution in [-0.4, -0.2) is 25.3 Å². The minimum atomic E-state index is -4.07. The molecule has 5 aromatic carbocycles. The highest BCUT2D eigenvalue weighted by molar-refractivity contribution is 7.90. The number of hydrogen-bond acceptors (Lipinski definition) is 4. The van der Waals surface area contributed by atoms with Gasteiger partial charge in [-0.05, 0) is 65.9 Å². The number of aromatic nitrogens is 1. The zero-order valence-electron chi connectivity index (χ0n) is 25.0. The Kier molecular flexibility index (Phi) is 6.70. The molecule has 44 heavy (non-hydrogen) atoms. The van der Waals surface area contributed by atoms with Crippen molar-refractivity contribution >= 4 is 37.5 Å². The van der Waals surface area contributed by atoms with Crippen LogP contribution >= 0.6 is 0 Å². The van der Waals surface area contributed by atoms with Crippen LogP contribution in [0.15, 0.2) is 114 Å². The SMILES string of the molecule is CC[C@]1(Cc2c(-c3c(OC)ccc4ccccc34)n(S(=O)(=O)c3ccc(C)cc3)c3ccccc23)CC(=O)c2ccccc21. The second kappa shape index (κ2) is 10.5.